The molecule has 1 aliphatic heterocycles. The highest BCUT2D eigenvalue weighted by Gasteiger charge is 2.32. The zero-order chi connectivity index (χ0) is 15.9. The van der Waals surface area contributed by atoms with E-state index in [1.54, 1.807) is 16.4 Å². The first-order valence-corrected chi connectivity index (χ1v) is 6.43. The first kappa shape index (κ1) is 14.5. The molecule has 0 spiro atoms. The molecule has 0 aromatic carbocycles. The Labute approximate surface area is 121 Å². The van der Waals surface area contributed by atoms with E-state index in [0.29, 0.717) is 18.9 Å². The summed E-state index contributed by atoms with van der Waals surface area (Å²) in [6.07, 6.45) is -4.96. The minimum absolute atomic E-state index is 0.121. The van der Waals surface area contributed by atoms with E-state index in [9.17, 15) is 18.0 Å². The molecule has 0 N–H and O–H groups in total. The summed E-state index contributed by atoms with van der Waals surface area (Å²) in [5.41, 5.74) is 0. The van der Waals surface area contributed by atoms with E-state index in [1.165, 1.54) is 0 Å². The van der Waals surface area contributed by atoms with Gasteiger partial charge in [0.25, 0.3) is 5.89 Å². The van der Waals surface area contributed by atoms with Crippen LogP contribution in [0.25, 0.3) is 11.7 Å². The monoisotopic (exact) mass is 316 g/mol. The lowest BCUT2D eigenvalue weighted by molar-refractivity contribution is -0.128. The van der Waals surface area contributed by atoms with Gasteiger partial charge in [0.15, 0.2) is 11.6 Å². The van der Waals surface area contributed by atoms with Gasteiger partial charge >= 0.3 is 6.18 Å². The van der Waals surface area contributed by atoms with E-state index in [4.69, 9.17) is 4.52 Å². The lowest BCUT2D eigenvalue weighted by atomic mass is 10.2. The van der Waals surface area contributed by atoms with Crippen LogP contribution in [0.3, 0.4) is 0 Å². The van der Waals surface area contributed by atoms with E-state index in [0.717, 1.165) is 6.41 Å². The van der Waals surface area contributed by atoms with Crippen molar-refractivity contribution in [2.75, 3.05) is 6.54 Å². The third kappa shape index (κ3) is 2.53. The van der Waals surface area contributed by atoms with Crippen molar-refractivity contribution >= 4 is 6.41 Å². The van der Waals surface area contributed by atoms with Crippen molar-refractivity contribution in [1.29, 1.82) is 0 Å². The Morgan fingerprint density at radius 2 is 2.14 bits per heavy atom. The Bertz CT molecular complexity index is 694. The third-order valence-corrected chi connectivity index (χ3v) is 3.39. The van der Waals surface area contributed by atoms with E-state index in [1.807, 2.05) is 0 Å². The molecule has 3 heterocycles. The number of alkyl halides is 3. The normalized spacial score (nSPS) is 18.4. The van der Waals surface area contributed by atoms with Crippen molar-refractivity contribution in [3.63, 3.8) is 0 Å². The predicted octanol–water partition coefficient (Wildman–Crippen LogP) is 0.966. The standard InChI is InChI=1S/C11H11F3N6O2/c1-6-8-16-17-9(20(8)3-2-19(6)5-21)10-15-7(18-22-10)4-11(12,13)14/h5-6H,2-4H2,1H3. The number of carbonyl (C=O) groups excluding carboxylic acids is 1. The second-order valence-corrected chi connectivity index (χ2v) is 4.86. The highest BCUT2D eigenvalue weighted by atomic mass is 19.4. The molecule has 2 aromatic rings. The van der Waals surface area contributed by atoms with Crippen molar-refractivity contribution in [3.8, 4) is 11.7 Å². The quantitative estimate of drug-likeness (QED) is 0.784. The Balaban J connectivity index is 1.90. The number of carbonyl (C=O) groups is 1. The maximum atomic E-state index is 12.3. The van der Waals surface area contributed by atoms with Crippen LogP contribution in [0.15, 0.2) is 4.52 Å². The van der Waals surface area contributed by atoms with Crippen molar-refractivity contribution in [1.82, 2.24) is 29.8 Å². The van der Waals surface area contributed by atoms with Crippen LogP contribution in [0, 0.1) is 0 Å². The fourth-order valence-electron chi connectivity index (χ4n) is 2.30. The third-order valence-electron chi connectivity index (χ3n) is 3.39. The maximum Gasteiger partial charge on any atom is 0.396 e. The molecular formula is C11H11F3N6O2. The van der Waals surface area contributed by atoms with Crippen LogP contribution in [0.2, 0.25) is 0 Å². The summed E-state index contributed by atoms with van der Waals surface area (Å²) >= 11 is 0. The molecule has 0 aliphatic carbocycles. The maximum absolute atomic E-state index is 12.3. The molecule has 8 nitrogen and oxygen atoms in total. The number of hydrogen-bond donors (Lipinski definition) is 0. The number of rotatable bonds is 3. The zero-order valence-corrected chi connectivity index (χ0v) is 11.4. The summed E-state index contributed by atoms with van der Waals surface area (Å²) in [5, 5.41) is 11.2. The van der Waals surface area contributed by atoms with Gasteiger partial charge in [-0.3, -0.25) is 4.79 Å². The molecule has 22 heavy (non-hydrogen) atoms. The van der Waals surface area contributed by atoms with Crippen molar-refractivity contribution in [2.24, 2.45) is 0 Å². The van der Waals surface area contributed by atoms with E-state index in [-0.39, 0.29) is 17.8 Å². The molecular weight excluding hydrogens is 305 g/mol. The average Bonchev–Trinajstić information content (AvgIpc) is 3.04. The topological polar surface area (TPSA) is 89.9 Å². The summed E-state index contributed by atoms with van der Waals surface area (Å²) in [5.74, 6) is 0.139. The second kappa shape index (κ2) is 5.07. The summed E-state index contributed by atoms with van der Waals surface area (Å²) in [7, 11) is 0. The van der Waals surface area contributed by atoms with Gasteiger partial charge in [0.05, 0.1) is 6.04 Å². The van der Waals surface area contributed by atoms with Crippen LogP contribution >= 0.6 is 0 Å². The van der Waals surface area contributed by atoms with Crippen molar-refractivity contribution < 1.29 is 22.5 Å². The molecule has 118 valence electrons. The van der Waals surface area contributed by atoms with Gasteiger partial charge < -0.3 is 14.0 Å². The molecule has 0 saturated carbocycles. The van der Waals surface area contributed by atoms with Gasteiger partial charge in [-0.25, -0.2) is 0 Å². The first-order chi connectivity index (χ1) is 10.4. The molecule has 1 unspecified atom stereocenters. The fourth-order valence-corrected chi connectivity index (χ4v) is 2.30. The minimum Gasteiger partial charge on any atom is -0.333 e. The zero-order valence-electron chi connectivity index (χ0n) is 11.4. The van der Waals surface area contributed by atoms with Crippen LogP contribution in [0.4, 0.5) is 13.2 Å². The van der Waals surface area contributed by atoms with Crippen LogP contribution in [-0.2, 0) is 17.8 Å². The SMILES string of the molecule is CC1c2nnc(-c3nc(CC(F)(F)F)no3)n2CCN1C=O. The van der Waals surface area contributed by atoms with Gasteiger partial charge in [0.1, 0.15) is 6.42 Å². The Morgan fingerprint density at radius 3 is 2.82 bits per heavy atom. The Morgan fingerprint density at radius 1 is 1.36 bits per heavy atom. The predicted molar refractivity (Wildman–Crippen MR) is 64.3 cm³/mol. The largest absolute Gasteiger partial charge is 0.396 e. The summed E-state index contributed by atoms with van der Waals surface area (Å²) < 4.78 is 43.4. The van der Waals surface area contributed by atoms with E-state index < -0.39 is 18.4 Å². The highest BCUT2D eigenvalue weighted by molar-refractivity contribution is 5.49. The molecule has 0 fully saturated rings. The Hall–Kier alpha value is -2.46. The Kier molecular flexibility index (Phi) is 3.34. The van der Waals surface area contributed by atoms with Gasteiger partial charge in [-0.15, -0.1) is 10.2 Å². The van der Waals surface area contributed by atoms with E-state index >= 15 is 0 Å². The number of amides is 1. The van der Waals surface area contributed by atoms with Crippen molar-refractivity contribution in [3.05, 3.63) is 11.6 Å². The van der Waals surface area contributed by atoms with Crippen LogP contribution in [0.1, 0.15) is 24.6 Å². The number of aromatic nitrogens is 5. The molecule has 1 atom stereocenters. The number of halogens is 3. The van der Waals surface area contributed by atoms with Gasteiger partial charge in [-0.05, 0) is 6.92 Å². The molecule has 2 aromatic heterocycles. The number of nitrogens with zero attached hydrogens (tertiary/aromatic N) is 6. The molecule has 1 aliphatic rings. The summed E-state index contributed by atoms with van der Waals surface area (Å²) in [4.78, 5) is 16.2. The highest BCUT2D eigenvalue weighted by Crippen LogP contribution is 2.27. The smallest absolute Gasteiger partial charge is 0.333 e. The van der Waals surface area contributed by atoms with Gasteiger partial charge in [0, 0.05) is 13.1 Å². The second-order valence-electron chi connectivity index (χ2n) is 4.86. The first-order valence-electron chi connectivity index (χ1n) is 6.43. The minimum atomic E-state index is -4.41. The number of fused-ring (bicyclic) bond motifs is 1. The molecule has 0 saturated heterocycles. The lowest BCUT2D eigenvalue weighted by Crippen LogP contribution is -2.36. The summed E-state index contributed by atoms with van der Waals surface area (Å²) in [6.45, 7) is 2.62. The molecule has 0 radical (unpaired) electrons. The van der Waals surface area contributed by atoms with Crippen LogP contribution in [0.5, 0.6) is 0 Å². The van der Waals surface area contributed by atoms with Gasteiger partial charge in [0.2, 0.25) is 12.2 Å². The number of hydrogen-bond acceptors (Lipinski definition) is 6. The van der Waals surface area contributed by atoms with Crippen LogP contribution in [-0.4, -0.2) is 48.9 Å². The fraction of sp³-hybridized carbons (Fsp3) is 0.545. The van der Waals surface area contributed by atoms with Gasteiger partial charge in [-0.2, -0.15) is 18.2 Å². The molecule has 3 rings (SSSR count). The molecule has 0 bridgehead atoms. The van der Waals surface area contributed by atoms with Gasteiger partial charge in [-0.1, -0.05) is 5.16 Å². The average molecular weight is 316 g/mol. The lowest BCUT2D eigenvalue weighted by Gasteiger charge is -2.30. The molecule has 11 heteroatoms. The molecule has 1 amide bonds. The van der Waals surface area contributed by atoms with E-state index in [2.05, 4.69) is 20.3 Å². The summed E-state index contributed by atoms with van der Waals surface area (Å²) in [6, 6.07) is -0.287. The van der Waals surface area contributed by atoms with Crippen molar-refractivity contribution in [2.45, 2.75) is 32.1 Å². The van der Waals surface area contributed by atoms with Crippen LogP contribution < -0.4 is 0 Å².